The number of hydrogen-bond donors (Lipinski definition) is 2. The van der Waals surface area contributed by atoms with Crippen LogP contribution in [0.2, 0.25) is 0 Å². The fourth-order valence-corrected chi connectivity index (χ4v) is 4.49. The SMILES string of the molecule is O=C(O)c1ccc(C(=O)NCC2CCN(S(=O)(=O)c3ccccc3)CC2)o1. The minimum Gasteiger partial charge on any atom is -0.475 e. The van der Waals surface area contributed by atoms with Crippen molar-refractivity contribution in [1.29, 1.82) is 0 Å². The highest BCUT2D eigenvalue weighted by molar-refractivity contribution is 7.89. The van der Waals surface area contributed by atoms with Gasteiger partial charge in [0.1, 0.15) is 0 Å². The molecule has 144 valence electrons. The van der Waals surface area contributed by atoms with Crippen molar-refractivity contribution in [3.63, 3.8) is 0 Å². The van der Waals surface area contributed by atoms with E-state index in [1.807, 2.05) is 0 Å². The molecule has 27 heavy (non-hydrogen) atoms. The molecule has 9 heteroatoms. The number of sulfonamides is 1. The summed E-state index contributed by atoms with van der Waals surface area (Å²) in [6.45, 7) is 1.16. The van der Waals surface area contributed by atoms with Crippen molar-refractivity contribution in [3.8, 4) is 0 Å². The van der Waals surface area contributed by atoms with E-state index in [9.17, 15) is 18.0 Å². The van der Waals surface area contributed by atoms with Crippen molar-refractivity contribution in [3.05, 3.63) is 54.0 Å². The number of carboxylic acids is 1. The number of furan rings is 1. The minimum atomic E-state index is -3.49. The molecule has 1 aliphatic rings. The van der Waals surface area contributed by atoms with E-state index in [-0.39, 0.29) is 22.3 Å². The van der Waals surface area contributed by atoms with Gasteiger partial charge in [-0.05, 0) is 43.0 Å². The molecule has 3 rings (SSSR count). The summed E-state index contributed by atoms with van der Waals surface area (Å²) in [6.07, 6.45) is 1.26. The quantitative estimate of drug-likeness (QED) is 0.774. The molecule has 1 aliphatic heterocycles. The zero-order valence-electron chi connectivity index (χ0n) is 14.5. The molecule has 1 aromatic heterocycles. The summed E-state index contributed by atoms with van der Waals surface area (Å²) in [4.78, 5) is 23.1. The monoisotopic (exact) mass is 392 g/mol. The van der Waals surface area contributed by atoms with Crippen LogP contribution in [0.4, 0.5) is 0 Å². The first-order valence-electron chi connectivity index (χ1n) is 8.54. The Morgan fingerprint density at radius 2 is 1.70 bits per heavy atom. The number of amides is 1. The van der Waals surface area contributed by atoms with Crippen molar-refractivity contribution >= 4 is 21.9 Å². The highest BCUT2D eigenvalue weighted by Crippen LogP contribution is 2.23. The fraction of sp³-hybridized carbons (Fsp3) is 0.333. The second-order valence-corrected chi connectivity index (χ2v) is 8.28. The highest BCUT2D eigenvalue weighted by Gasteiger charge is 2.29. The number of carboxylic acid groups (broad SMARTS) is 1. The number of carbonyl (C=O) groups excluding carboxylic acids is 1. The molecule has 0 atom stereocenters. The number of nitrogens with zero attached hydrogens (tertiary/aromatic N) is 1. The van der Waals surface area contributed by atoms with Crippen LogP contribution in [0.1, 0.15) is 34.0 Å². The summed E-state index contributed by atoms with van der Waals surface area (Å²) in [7, 11) is -3.49. The van der Waals surface area contributed by atoms with Gasteiger partial charge in [-0.15, -0.1) is 0 Å². The Morgan fingerprint density at radius 1 is 1.07 bits per heavy atom. The Labute approximate surface area is 156 Å². The lowest BCUT2D eigenvalue weighted by atomic mass is 9.98. The number of rotatable bonds is 6. The molecular formula is C18H20N2O6S. The van der Waals surface area contributed by atoms with Crippen molar-refractivity contribution in [2.45, 2.75) is 17.7 Å². The highest BCUT2D eigenvalue weighted by atomic mass is 32.2. The van der Waals surface area contributed by atoms with Crippen LogP contribution in [-0.2, 0) is 10.0 Å². The molecule has 8 nitrogen and oxygen atoms in total. The molecule has 0 bridgehead atoms. The third-order valence-corrected chi connectivity index (χ3v) is 6.46. The van der Waals surface area contributed by atoms with Gasteiger partial charge in [0.2, 0.25) is 15.8 Å². The van der Waals surface area contributed by atoms with E-state index in [0.717, 1.165) is 0 Å². The zero-order valence-corrected chi connectivity index (χ0v) is 15.3. The predicted octanol–water partition coefficient (Wildman–Crippen LogP) is 1.81. The van der Waals surface area contributed by atoms with Gasteiger partial charge in [-0.2, -0.15) is 4.31 Å². The number of piperidine rings is 1. The maximum Gasteiger partial charge on any atom is 0.371 e. The number of carbonyl (C=O) groups is 2. The lowest BCUT2D eigenvalue weighted by molar-refractivity contribution is 0.0659. The number of aromatic carboxylic acids is 1. The summed E-state index contributed by atoms with van der Waals surface area (Å²) in [5.41, 5.74) is 0. The van der Waals surface area contributed by atoms with Gasteiger partial charge in [0.05, 0.1) is 4.90 Å². The number of hydrogen-bond acceptors (Lipinski definition) is 5. The predicted molar refractivity (Wildman–Crippen MR) is 95.9 cm³/mol. The van der Waals surface area contributed by atoms with Crippen LogP contribution in [0.15, 0.2) is 51.8 Å². The average Bonchev–Trinajstić information content (AvgIpc) is 3.18. The standard InChI is InChI=1S/C18H20N2O6S/c21-17(15-6-7-16(26-15)18(22)23)19-12-13-8-10-20(11-9-13)27(24,25)14-4-2-1-3-5-14/h1-7,13H,8-12H2,(H,19,21)(H,22,23). The van der Waals surface area contributed by atoms with Crippen LogP contribution in [-0.4, -0.2) is 49.3 Å². The van der Waals surface area contributed by atoms with E-state index >= 15 is 0 Å². The maximum absolute atomic E-state index is 12.6. The van der Waals surface area contributed by atoms with Crippen LogP contribution in [0.3, 0.4) is 0 Å². The molecule has 0 unspecified atom stereocenters. The molecule has 1 saturated heterocycles. The van der Waals surface area contributed by atoms with E-state index in [4.69, 9.17) is 9.52 Å². The zero-order chi connectivity index (χ0) is 19.4. The number of nitrogens with one attached hydrogen (secondary N) is 1. The first kappa shape index (κ1) is 19.1. The Morgan fingerprint density at radius 3 is 2.30 bits per heavy atom. The first-order chi connectivity index (χ1) is 12.9. The normalized spacial score (nSPS) is 16.1. The summed E-state index contributed by atoms with van der Waals surface area (Å²) in [5.74, 6) is -1.93. The van der Waals surface area contributed by atoms with Crippen LogP contribution < -0.4 is 5.32 Å². The van der Waals surface area contributed by atoms with Crippen molar-refractivity contribution < 1.29 is 27.5 Å². The Hall–Kier alpha value is -2.65. The molecule has 2 heterocycles. The Bertz CT molecular complexity index is 914. The largest absolute Gasteiger partial charge is 0.475 e. The molecule has 0 spiro atoms. The molecule has 1 fully saturated rings. The molecule has 1 aromatic carbocycles. The number of benzene rings is 1. The van der Waals surface area contributed by atoms with Crippen molar-refractivity contribution in [1.82, 2.24) is 9.62 Å². The lowest BCUT2D eigenvalue weighted by Gasteiger charge is -2.31. The van der Waals surface area contributed by atoms with E-state index in [2.05, 4.69) is 5.32 Å². The minimum absolute atomic E-state index is 0.0588. The lowest BCUT2D eigenvalue weighted by Crippen LogP contribution is -2.41. The van der Waals surface area contributed by atoms with Gasteiger partial charge in [0, 0.05) is 19.6 Å². The molecule has 0 aliphatic carbocycles. The fourth-order valence-electron chi connectivity index (χ4n) is 2.99. The van der Waals surface area contributed by atoms with Crippen LogP contribution >= 0.6 is 0 Å². The second-order valence-electron chi connectivity index (χ2n) is 6.34. The van der Waals surface area contributed by atoms with Gasteiger partial charge in [-0.1, -0.05) is 18.2 Å². The third-order valence-electron chi connectivity index (χ3n) is 4.55. The van der Waals surface area contributed by atoms with Gasteiger partial charge in [0.15, 0.2) is 5.76 Å². The smallest absolute Gasteiger partial charge is 0.371 e. The molecule has 2 aromatic rings. The summed E-state index contributed by atoms with van der Waals surface area (Å²) < 4.78 is 31.6. The van der Waals surface area contributed by atoms with Gasteiger partial charge in [0.25, 0.3) is 5.91 Å². The maximum atomic E-state index is 12.6. The van der Waals surface area contributed by atoms with Gasteiger partial charge >= 0.3 is 5.97 Å². The van der Waals surface area contributed by atoms with Gasteiger partial charge < -0.3 is 14.8 Å². The topological polar surface area (TPSA) is 117 Å². The van der Waals surface area contributed by atoms with Crippen molar-refractivity contribution in [2.24, 2.45) is 5.92 Å². The van der Waals surface area contributed by atoms with E-state index in [1.165, 1.54) is 16.4 Å². The molecule has 0 saturated carbocycles. The van der Waals surface area contributed by atoms with Crippen molar-refractivity contribution in [2.75, 3.05) is 19.6 Å². The van der Waals surface area contributed by atoms with E-state index in [0.29, 0.717) is 32.5 Å². The molecule has 1 amide bonds. The summed E-state index contributed by atoms with van der Waals surface area (Å²) in [5, 5.41) is 11.5. The molecular weight excluding hydrogens is 372 g/mol. The van der Waals surface area contributed by atoms with Crippen LogP contribution in [0.25, 0.3) is 0 Å². The third kappa shape index (κ3) is 4.37. The van der Waals surface area contributed by atoms with Crippen LogP contribution in [0, 0.1) is 5.92 Å². The van der Waals surface area contributed by atoms with Crippen LogP contribution in [0.5, 0.6) is 0 Å². The van der Waals surface area contributed by atoms with Gasteiger partial charge in [-0.3, -0.25) is 4.79 Å². The molecule has 0 radical (unpaired) electrons. The first-order valence-corrected chi connectivity index (χ1v) is 9.98. The van der Waals surface area contributed by atoms with E-state index < -0.39 is 21.9 Å². The van der Waals surface area contributed by atoms with Gasteiger partial charge in [-0.25, -0.2) is 13.2 Å². The summed E-state index contributed by atoms with van der Waals surface area (Å²) >= 11 is 0. The molecule has 2 N–H and O–H groups in total. The average molecular weight is 392 g/mol. The summed E-state index contributed by atoms with van der Waals surface area (Å²) in [6, 6.07) is 10.9. The Kier molecular flexibility index (Phi) is 5.62. The van der Waals surface area contributed by atoms with E-state index in [1.54, 1.807) is 30.3 Å². The Balaban J connectivity index is 1.51. The second kappa shape index (κ2) is 7.93.